The van der Waals surface area contributed by atoms with Crippen LogP contribution in [0.2, 0.25) is 0 Å². The molecule has 2 aliphatic carbocycles. The van der Waals surface area contributed by atoms with Crippen molar-refractivity contribution in [2.24, 2.45) is 17.6 Å². The van der Waals surface area contributed by atoms with Crippen molar-refractivity contribution < 1.29 is 9.84 Å². The molecule has 3 nitrogen and oxygen atoms in total. The lowest BCUT2D eigenvalue weighted by atomic mass is 9.74. The van der Waals surface area contributed by atoms with E-state index in [0.29, 0.717) is 18.4 Å². The Kier molecular flexibility index (Phi) is 5.60. The lowest BCUT2D eigenvalue weighted by Crippen LogP contribution is -2.35. The van der Waals surface area contributed by atoms with Gasteiger partial charge in [0.05, 0.1) is 13.2 Å². The molecule has 0 radical (unpaired) electrons. The number of aliphatic hydroxyl groups is 1. The topological polar surface area (TPSA) is 55.5 Å². The molecule has 128 valence electrons. The van der Waals surface area contributed by atoms with Gasteiger partial charge in [-0.05, 0) is 68.2 Å². The predicted octanol–water partition coefficient (Wildman–Crippen LogP) is 3.63. The summed E-state index contributed by atoms with van der Waals surface area (Å²) < 4.78 is 6.09. The van der Waals surface area contributed by atoms with Gasteiger partial charge in [0.15, 0.2) is 0 Å². The molecule has 0 spiro atoms. The molecular formula is C20H31NO2. The largest absolute Gasteiger partial charge is 0.493 e. The van der Waals surface area contributed by atoms with E-state index in [9.17, 15) is 5.11 Å². The second-order valence-corrected chi connectivity index (χ2v) is 7.47. The highest BCUT2D eigenvalue weighted by Gasteiger charge is 2.45. The molecule has 1 aromatic rings. The third kappa shape index (κ3) is 3.89. The number of hydrogen-bond acceptors (Lipinski definition) is 3. The first kappa shape index (κ1) is 16.8. The summed E-state index contributed by atoms with van der Waals surface area (Å²) in [7, 11) is 0. The molecule has 0 aromatic heterocycles. The molecule has 0 amide bonds. The average molecular weight is 317 g/mol. The first-order valence-electron chi connectivity index (χ1n) is 9.33. The SMILES string of the molecule is NCCC(CO)(c1cccc(OCC2CCCCC2)c1)C1CC1. The second kappa shape index (κ2) is 7.67. The molecule has 2 aliphatic rings. The molecule has 2 saturated carbocycles. The minimum Gasteiger partial charge on any atom is -0.493 e. The third-order valence-corrected chi connectivity index (χ3v) is 5.85. The van der Waals surface area contributed by atoms with Crippen molar-refractivity contribution in [3.05, 3.63) is 29.8 Å². The molecule has 0 saturated heterocycles. The Morgan fingerprint density at radius 2 is 1.91 bits per heavy atom. The molecule has 2 fully saturated rings. The third-order valence-electron chi connectivity index (χ3n) is 5.85. The zero-order chi connectivity index (χ0) is 16.1. The van der Waals surface area contributed by atoms with Crippen LogP contribution >= 0.6 is 0 Å². The Labute approximate surface area is 140 Å². The minimum atomic E-state index is -0.168. The Balaban J connectivity index is 1.70. The molecule has 1 unspecified atom stereocenters. The Morgan fingerprint density at radius 1 is 1.13 bits per heavy atom. The van der Waals surface area contributed by atoms with Crippen molar-refractivity contribution in [1.29, 1.82) is 0 Å². The van der Waals surface area contributed by atoms with Crippen LogP contribution in [0.5, 0.6) is 5.75 Å². The molecular weight excluding hydrogens is 286 g/mol. The van der Waals surface area contributed by atoms with Gasteiger partial charge in [0.25, 0.3) is 0 Å². The summed E-state index contributed by atoms with van der Waals surface area (Å²) >= 11 is 0. The van der Waals surface area contributed by atoms with Crippen LogP contribution < -0.4 is 10.5 Å². The Morgan fingerprint density at radius 3 is 2.57 bits per heavy atom. The summed E-state index contributed by atoms with van der Waals surface area (Å²) in [6.45, 7) is 1.63. The monoisotopic (exact) mass is 317 g/mol. The van der Waals surface area contributed by atoms with Gasteiger partial charge in [0, 0.05) is 5.41 Å². The number of rotatable bonds is 8. The summed E-state index contributed by atoms with van der Waals surface area (Å²) in [5.41, 5.74) is 6.88. The zero-order valence-electron chi connectivity index (χ0n) is 14.2. The van der Waals surface area contributed by atoms with Crippen LogP contribution in [0, 0.1) is 11.8 Å². The van der Waals surface area contributed by atoms with E-state index >= 15 is 0 Å². The molecule has 0 aliphatic heterocycles. The molecule has 0 bridgehead atoms. The highest BCUT2D eigenvalue weighted by atomic mass is 16.5. The van der Waals surface area contributed by atoms with Crippen LogP contribution in [-0.4, -0.2) is 24.9 Å². The van der Waals surface area contributed by atoms with Crippen molar-refractivity contribution in [2.45, 2.75) is 56.8 Å². The van der Waals surface area contributed by atoms with E-state index in [4.69, 9.17) is 10.5 Å². The maximum Gasteiger partial charge on any atom is 0.119 e. The summed E-state index contributed by atoms with van der Waals surface area (Å²) in [6.07, 6.45) is 9.93. The van der Waals surface area contributed by atoms with Gasteiger partial charge < -0.3 is 15.6 Å². The van der Waals surface area contributed by atoms with Crippen LogP contribution in [0.3, 0.4) is 0 Å². The number of ether oxygens (including phenoxy) is 1. The highest BCUT2D eigenvalue weighted by Crippen LogP contribution is 2.49. The second-order valence-electron chi connectivity index (χ2n) is 7.47. The smallest absolute Gasteiger partial charge is 0.119 e. The molecule has 3 rings (SSSR count). The summed E-state index contributed by atoms with van der Waals surface area (Å²) in [5, 5.41) is 10.1. The van der Waals surface area contributed by atoms with Gasteiger partial charge in [-0.1, -0.05) is 31.4 Å². The molecule has 23 heavy (non-hydrogen) atoms. The number of aliphatic hydroxyl groups excluding tert-OH is 1. The van der Waals surface area contributed by atoms with Crippen molar-refractivity contribution in [3.8, 4) is 5.75 Å². The van der Waals surface area contributed by atoms with Crippen molar-refractivity contribution >= 4 is 0 Å². The Hall–Kier alpha value is -1.06. The average Bonchev–Trinajstić information content (AvgIpc) is 3.44. The quantitative estimate of drug-likeness (QED) is 0.770. The van der Waals surface area contributed by atoms with Crippen LogP contribution in [0.1, 0.15) is 56.9 Å². The fourth-order valence-corrected chi connectivity index (χ4v) is 4.24. The highest BCUT2D eigenvalue weighted by molar-refractivity contribution is 5.36. The summed E-state index contributed by atoms with van der Waals surface area (Å²) in [6, 6.07) is 8.39. The van der Waals surface area contributed by atoms with Gasteiger partial charge in [-0.25, -0.2) is 0 Å². The van der Waals surface area contributed by atoms with E-state index in [0.717, 1.165) is 18.8 Å². The van der Waals surface area contributed by atoms with Gasteiger partial charge in [-0.2, -0.15) is 0 Å². The van der Waals surface area contributed by atoms with E-state index in [1.165, 1.54) is 50.5 Å². The van der Waals surface area contributed by atoms with E-state index in [1.54, 1.807) is 0 Å². The van der Waals surface area contributed by atoms with E-state index in [-0.39, 0.29) is 12.0 Å². The van der Waals surface area contributed by atoms with Crippen molar-refractivity contribution in [3.63, 3.8) is 0 Å². The zero-order valence-corrected chi connectivity index (χ0v) is 14.2. The maximum atomic E-state index is 10.1. The predicted molar refractivity (Wildman–Crippen MR) is 93.7 cm³/mol. The number of hydrogen-bond donors (Lipinski definition) is 2. The van der Waals surface area contributed by atoms with Gasteiger partial charge in [0.2, 0.25) is 0 Å². The molecule has 3 heteroatoms. The number of benzene rings is 1. The fraction of sp³-hybridized carbons (Fsp3) is 0.700. The molecule has 0 heterocycles. The van der Waals surface area contributed by atoms with Crippen LogP contribution in [0.4, 0.5) is 0 Å². The number of nitrogens with two attached hydrogens (primary N) is 1. The minimum absolute atomic E-state index is 0.168. The van der Waals surface area contributed by atoms with Crippen molar-refractivity contribution in [2.75, 3.05) is 19.8 Å². The Bertz CT molecular complexity index is 494. The normalized spacial score (nSPS) is 21.8. The van der Waals surface area contributed by atoms with Gasteiger partial charge in [0.1, 0.15) is 5.75 Å². The van der Waals surface area contributed by atoms with Crippen molar-refractivity contribution in [1.82, 2.24) is 0 Å². The first-order valence-corrected chi connectivity index (χ1v) is 9.33. The van der Waals surface area contributed by atoms with E-state index in [2.05, 4.69) is 18.2 Å². The van der Waals surface area contributed by atoms with E-state index in [1.807, 2.05) is 6.07 Å². The van der Waals surface area contributed by atoms with Crippen LogP contribution in [0.25, 0.3) is 0 Å². The first-order chi connectivity index (χ1) is 11.3. The lowest BCUT2D eigenvalue weighted by Gasteiger charge is -2.33. The van der Waals surface area contributed by atoms with Crippen LogP contribution in [0.15, 0.2) is 24.3 Å². The molecule has 3 N–H and O–H groups in total. The molecule has 1 aromatic carbocycles. The van der Waals surface area contributed by atoms with Gasteiger partial charge in [-0.15, -0.1) is 0 Å². The maximum absolute atomic E-state index is 10.1. The standard InChI is InChI=1S/C20H31NO2/c21-12-11-20(15-22,17-9-10-17)18-7-4-8-19(13-18)23-14-16-5-2-1-3-6-16/h4,7-8,13,16-17,22H,1-3,5-6,9-12,14-15,21H2. The fourth-order valence-electron chi connectivity index (χ4n) is 4.24. The lowest BCUT2D eigenvalue weighted by molar-refractivity contribution is 0.164. The van der Waals surface area contributed by atoms with Gasteiger partial charge in [-0.3, -0.25) is 0 Å². The van der Waals surface area contributed by atoms with Crippen LogP contribution in [-0.2, 0) is 5.41 Å². The summed E-state index contributed by atoms with van der Waals surface area (Å²) in [5.74, 6) is 2.23. The molecule has 1 atom stereocenters. The van der Waals surface area contributed by atoms with Gasteiger partial charge >= 0.3 is 0 Å². The van der Waals surface area contributed by atoms with E-state index < -0.39 is 0 Å². The summed E-state index contributed by atoms with van der Waals surface area (Å²) in [4.78, 5) is 0.